The predicted molar refractivity (Wildman–Crippen MR) is 102 cm³/mol. The summed E-state index contributed by atoms with van der Waals surface area (Å²) in [6.07, 6.45) is 1.98. The molecule has 0 bridgehead atoms. The molecular weight excluding hydrogens is 370 g/mol. The number of carbonyl (C=O) groups is 2. The molecule has 0 saturated carbocycles. The van der Waals surface area contributed by atoms with Crippen LogP contribution >= 0.6 is 11.6 Å². The molecule has 7 nitrogen and oxygen atoms in total. The summed E-state index contributed by atoms with van der Waals surface area (Å²) in [5, 5.41) is 3.09. The van der Waals surface area contributed by atoms with E-state index in [4.69, 9.17) is 21.1 Å². The van der Waals surface area contributed by atoms with E-state index in [2.05, 4.69) is 10.3 Å². The number of hydrogen-bond donors (Lipinski definition) is 1. The second-order valence-electron chi connectivity index (χ2n) is 6.05. The van der Waals surface area contributed by atoms with Crippen LogP contribution in [0.15, 0.2) is 30.3 Å². The number of methoxy groups -OCH3 is 2. The molecular formula is C19H20ClN3O4. The van der Waals surface area contributed by atoms with E-state index in [0.717, 1.165) is 25.9 Å². The number of amides is 2. The van der Waals surface area contributed by atoms with Crippen LogP contribution in [0, 0.1) is 0 Å². The van der Waals surface area contributed by atoms with Gasteiger partial charge in [0.25, 0.3) is 11.8 Å². The number of anilines is 1. The SMILES string of the molecule is COc1cc(NC(=O)c2cccc(C(=O)N3CCCC3)n2)c(OC)cc1Cl. The summed E-state index contributed by atoms with van der Waals surface area (Å²) in [6.45, 7) is 1.44. The Bertz CT molecular complexity index is 866. The molecule has 0 unspecified atom stereocenters. The topological polar surface area (TPSA) is 80.8 Å². The van der Waals surface area contributed by atoms with Crippen molar-refractivity contribution in [1.29, 1.82) is 0 Å². The summed E-state index contributed by atoms with van der Waals surface area (Å²) in [7, 11) is 2.95. The Morgan fingerprint density at radius 3 is 2.41 bits per heavy atom. The Hall–Kier alpha value is -2.80. The standard InChI is InChI=1S/C19H20ClN3O4/c1-26-16-11-15(17(27-2)10-12(16)20)22-18(24)13-6-5-7-14(21-13)19(25)23-8-3-4-9-23/h5-7,10-11H,3-4,8-9H2,1-2H3,(H,22,24). The quantitative estimate of drug-likeness (QED) is 0.849. The lowest BCUT2D eigenvalue weighted by molar-refractivity contribution is 0.0787. The molecule has 0 spiro atoms. The molecule has 1 saturated heterocycles. The highest BCUT2D eigenvalue weighted by Gasteiger charge is 2.22. The lowest BCUT2D eigenvalue weighted by Crippen LogP contribution is -2.29. The molecule has 142 valence electrons. The summed E-state index contributed by atoms with van der Waals surface area (Å²) in [5.74, 6) is 0.166. The average molecular weight is 390 g/mol. The normalized spacial score (nSPS) is 13.4. The number of nitrogens with one attached hydrogen (secondary N) is 1. The third-order valence-corrected chi connectivity index (χ3v) is 4.61. The van der Waals surface area contributed by atoms with Crippen molar-refractivity contribution in [1.82, 2.24) is 9.88 Å². The molecule has 0 aliphatic carbocycles. The zero-order valence-corrected chi connectivity index (χ0v) is 15.9. The Morgan fingerprint density at radius 1 is 1.07 bits per heavy atom. The van der Waals surface area contributed by atoms with E-state index in [-0.39, 0.29) is 17.3 Å². The van der Waals surface area contributed by atoms with Crippen molar-refractivity contribution >= 4 is 29.1 Å². The maximum atomic E-state index is 12.6. The molecule has 1 aromatic heterocycles. The molecule has 2 aromatic rings. The first kappa shape index (κ1) is 19.0. The summed E-state index contributed by atoms with van der Waals surface area (Å²) < 4.78 is 10.4. The van der Waals surface area contributed by atoms with Gasteiger partial charge < -0.3 is 19.7 Å². The molecule has 2 heterocycles. The number of hydrogen-bond acceptors (Lipinski definition) is 5. The number of aromatic nitrogens is 1. The molecule has 0 atom stereocenters. The highest BCUT2D eigenvalue weighted by atomic mass is 35.5. The van der Waals surface area contributed by atoms with Gasteiger partial charge in [0.1, 0.15) is 22.9 Å². The molecule has 0 radical (unpaired) electrons. The molecule has 3 rings (SSSR count). The van der Waals surface area contributed by atoms with Crippen LogP contribution in [0.1, 0.15) is 33.8 Å². The molecule has 1 fully saturated rings. The average Bonchev–Trinajstić information content (AvgIpc) is 3.23. The van der Waals surface area contributed by atoms with Crippen LogP contribution in [0.25, 0.3) is 0 Å². The van der Waals surface area contributed by atoms with Crippen LogP contribution in [-0.2, 0) is 0 Å². The van der Waals surface area contributed by atoms with Crippen molar-refractivity contribution in [2.45, 2.75) is 12.8 Å². The van der Waals surface area contributed by atoms with Crippen LogP contribution in [-0.4, -0.2) is 49.0 Å². The monoisotopic (exact) mass is 389 g/mol. The van der Waals surface area contributed by atoms with E-state index in [0.29, 0.717) is 22.2 Å². The number of benzene rings is 1. The van der Waals surface area contributed by atoms with Gasteiger partial charge in [-0.25, -0.2) is 4.98 Å². The molecule has 8 heteroatoms. The Balaban J connectivity index is 1.82. The fourth-order valence-electron chi connectivity index (χ4n) is 2.91. The van der Waals surface area contributed by atoms with E-state index in [1.807, 2.05) is 0 Å². The molecule has 1 aromatic carbocycles. The second kappa shape index (κ2) is 8.26. The molecule has 1 N–H and O–H groups in total. The first-order valence-corrected chi connectivity index (χ1v) is 8.90. The number of nitrogens with zero attached hydrogens (tertiary/aromatic N) is 2. The summed E-state index contributed by atoms with van der Waals surface area (Å²) in [4.78, 5) is 31.1. The van der Waals surface area contributed by atoms with Crippen LogP contribution < -0.4 is 14.8 Å². The van der Waals surface area contributed by atoms with Crippen LogP contribution in [0.3, 0.4) is 0 Å². The molecule has 1 aliphatic heterocycles. The van der Waals surface area contributed by atoms with Crippen molar-refractivity contribution in [3.05, 3.63) is 46.7 Å². The minimum absolute atomic E-state index is 0.135. The molecule has 27 heavy (non-hydrogen) atoms. The van der Waals surface area contributed by atoms with Gasteiger partial charge in [-0.2, -0.15) is 0 Å². The minimum Gasteiger partial charge on any atom is -0.495 e. The van der Waals surface area contributed by atoms with Crippen LogP contribution in [0.4, 0.5) is 5.69 Å². The summed E-state index contributed by atoms with van der Waals surface area (Å²) in [6, 6.07) is 7.93. The fraction of sp³-hybridized carbons (Fsp3) is 0.316. The summed E-state index contributed by atoms with van der Waals surface area (Å²) in [5.41, 5.74) is 0.781. The number of carbonyl (C=O) groups excluding carboxylic acids is 2. The van der Waals surface area contributed by atoms with Gasteiger partial charge in [-0.05, 0) is 25.0 Å². The Labute approximate surface area is 162 Å². The minimum atomic E-state index is -0.464. The maximum Gasteiger partial charge on any atom is 0.274 e. The largest absolute Gasteiger partial charge is 0.495 e. The van der Waals surface area contributed by atoms with E-state index < -0.39 is 5.91 Å². The predicted octanol–water partition coefficient (Wildman–Crippen LogP) is 3.24. The number of halogens is 1. The van der Waals surface area contributed by atoms with E-state index in [1.54, 1.807) is 35.2 Å². The number of rotatable bonds is 5. The fourth-order valence-corrected chi connectivity index (χ4v) is 3.14. The van der Waals surface area contributed by atoms with Gasteiger partial charge in [-0.15, -0.1) is 0 Å². The highest BCUT2D eigenvalue weighted by Crippen LogP contribution is 2.36. The van der Waals surface area contributed by atoms with Gasteiger partial charge in [0.2, 0.25) is 0 Å². The van der Waals surface area contributed by atoms with Crippen molar-refractivity contribution in [2.75, 3.05) is 32.6 Å². The lowest BCUT2D eigenvalue weighted by Gasteiger charge is -2.15. The Morgan fingerprint density at radius 2 is 1.74 bits per heavy atom. The number of ether oxygens (including phenoxy) is 2. The van der Waals surface area contributed by atoms with Crippen LogP contribution in [0.5, 0.6) is 11.5 Å². The third-order valence-electron chi connectivity index (χ3n) is 4.32. The second-order valence-corrected chi connectivity index (χ2v) is 6.46. The van der Waals surface area contributed by atoms with Crippen molar-refractivity contribution in [3.63, 3.8) is 0 Å². The molecule has 1 aliphatic rings. The van der Waals surface area contributed by atoms with E-state index in [1.165, 1.54) is 14.2 Å². The zero-order valence-electron chi connectivity index (χ0n) is 15.1. The van der Waals surface area contributed by atoms with Gasteiger partial charge in [0.05, 0.1) is 24.9 Å². The lowest BCUT2D eigenvalue weighted by atomic mass is 10.2. The van der Waals surface area contributed by atoms with Gasteiger partial charge in [0.15, 0.2) is 0 Å². The van der Waals surface area contributed by atoms with E-state index >= 15 is 0 Å². The van der Waals surface area contributed by atoms with Crippen molar-refractivity contribution in [3.8, 4) is 11.5 Å². The van der Waals surface area contributed by atoms with Crippen molar-refractivity contribution in [2.24, 2.45) is 0 Å². The van der Waals surface area contributed by atoms with Gasteiger partial charge in [-0.1, -0.05) is 17.7 Å². The first-order valence-electron chi connectivity index (χ1n) is 8.52. The smallest absolute Gasteiger partial charge is 0.274 e. The first-order chi connectivity index (χ1) is 13.0. The molecule has 2 amide bonds. The Kier molecular flexibility index (Phi) is 5.81. The van der Waals surface area contributed by atoms with Crippen LogP contribution in [0.2, 0.25) is 5.02 Å². The zero-order chi connectivity index (χ0) is 19.4. The summed E-state index contributed by atoms with van der Waals surface area (Å²) >= 11 is 6.08. The number of likely N-dealkylation sites (tertiary alicyclic amines) is 1. The third kappa shape index (κ3) is 4.14. The van der Waals surface area contributed by atoms with Crippen molar-refractivity contribution < 1.29 is 19.1 Å². The maximum absolute atomic E-state index is 12.6. The highest BCUT2D eigenvalue weighted by molar-refractivity contribution is 6.32. The van der Waals surface area contributed by atoms with Gasteiger partial charge in [-0.3, -0.25) is 9.59 Å². The van der Waals surface area contributed by atoms with Gasteiger partial charge in [0, 0.05) is 25.2 Å². The van der Waals surface area contributed by atoms with E-state index in [9.17, 15) is 9.59 Å². The van der Waals surface area contributed by atoms with Gasteiger partial charge >= 0.3 is 0 Å². The number of pyridine rings is 1.